The molecule has 0 fully saturated rings. The van der Waals surface area contributed by atoms with Gasteiger partial charge in [-0.05, 0) is 30.0 Å². The second-order valence-corrected chi connectivity index (χ2v) is 6.84. The molecule has 0 saturated heterocycles. The molecular formula is C15H11F3N2S2. The zero-order chi connectivity index (χ0) is 15.7. The van der Waals surface area contributed by atoms with Crippen LogP contribution in [-0.4, -0.2) is 15.7 Å². The third kappa shape index (κ3) is 2.96. The number of alkyl halides is 3. The molecule has 2 heterocycles. The monoisotopic (exact) mass is 340 g/mol. The summed E-state index contributed by atoms with van der Waals surface area (Å²) in [5.74, 6) is 0.891. The SMILES string of the molecule is CCSc1cnccc1-c1nc2cc(C(F)(F)F)ccc2s1. The van der Waals surface area contributed by atoms with Gasteiger partial charge in [-0.2, -0.15) is 13.2 Å². The lowest BCUT2D eigenvalue weighted by Crippen LogP contribution is -2.03. The standard InChI is InChI=1S/C15H11F3N2S2/c1-2-21-13-8-19-6-5-10(13)14-20-11-7-9(15(16,17)18)3-4-12(11)22-14/h3-8H,2H2,1H3. The molecule has 0 spiro atoms. The van der Waals surface area contributed by atoms with E-state index in [1.54, 1.807) is 24.2 Å². The summed E-state index contributed by atoms with van der Waals surface area (Å²) < 4.78 is 39.1. The predicted octanol–water partition coefficient (Wildman–Crippen LogP) is 5.49. The summed E-state index contributed by atoms with van der Waals surface area (Å²) in [5.41, 5.74) is 0.616. The Labute approximate surface area is 133 Å². The number of thioether (sulfide) groups is 1. The molecule has 2 aromatic heterocycles. The molecule has 22 heavy (non-hydrogen) atoms. The molecular weight excluding hydrogens is 329 g/mol. The normalized spacial score (nSPS) is 12.0. The van der Waals surface area contributed by atoms with Gasteiger partial charge in [-0.15, -0.1) is 23.1 Å². The van der Waals surface area contributed by atoms with Crippen LogP contribution in [0.25, 0.3) is 20.8 Å². The van der Waals surface area contributed by atoms with Gasteiger partial charge in [0.15, 0.2) is 0 Å². The van der Waals surface area contributed by atoms with Gasteiger partial charge in [0.2, 0.25) is 0 Å². The van der Waals surface area contributed by atoms with E-state index in [0.717, 1.165) is 33.0 Å². The minimum absolute atomic E-state index is 0.374. The van der Waals surface area contributed by atoms with E-state index in [4.69, 9.17) is 0 Å². The van der Waals surface area contributed by atoms with E-state index in [1.807, 2.05) is 13.0 Å². The number of rotatable bonds is 3. The van der Waals surface area contributed by atoms with Crippen LogP contribution in [0.1, 0.15) is 12.5 Å². The first-order chi connectivity index (χ1) is 10.5. The zero-order valence-corrected chi connectivity index (χ0v) is 13.1. The molecule has 0 saturated carbocycles. The van der Waals surface area contributed by atoms with Gasteiger partial charge in [0.25, 0.3) is 0 Å². The van der Waals surface area contributed by atoms with Gasteiger partial charge in [-0.25, -0.2) is 4.98 Å². The molecule has 7 heteroatoms. The van der Waals surface area contributed by atoms with Crippen LogP contribution in [0.2, 0.25) is 0 Å². The van der Waals surface area contributed by atoms with Crippen LogP contribution in [0.4, 0.5) is 13.2 Å². The first-order valence-corrected chi connectivity index (χ1v) is 8.34. The van der Waals surface area contributed by atoms with E-state index < -0.39 is 11.7 Å². The molecule has 0 aliphatic heterocycles. The van der Waals surface area contributed by atoms with Crippen LogP contribution in [0.5, 0.6) is 0 Å². The Hall–Kier alpha value is -1.60. The van der Waals surface area contributed by atoms with E-state index in [1.165, 1.54) is 17.4 Å². The third-order valence-electron chi connectivity index (χ3n) is 3.03. The first-order valence-electron chi connectivity index (χ1n) is 6.54. The second kappa shape index (κ2) is 5.89. The number of halogens is 3. The van der Waals surface area contributed by atoms with Gasteiger partial charge >= 0.3 is 6.18 Å². The molecule has 0 unspecified atom stereocenters. The largest absolute Gasteiger partial charge is 0.416 e. The van der Waals surface area contributed by atoms with Crippen LogP contribution in [0.3, 0.4) is 0 Å². The topological polar surface area (TPSA) is 25.8 Å². The maximum Gasteiger partial charge on any atom is 0.416 e. The van der Waals surface area contributed by atoms with Crippen molar-refractivity contribution in [2.45, 2.75) is 18.0 Å². The molecule has 2 nitrogen and oxygen atoms in total. The Balaban J connectivity index is 2.09. The maximum atomic E-state index is 12.8. The van der Waals surface area contributed by atoms with Gasteiger partial charge in [0, 0.05) is 22.9 Å². The van der Waals surface area contributed by atoms with Crippen LogP contribution in [-0.2, 0) is 6.18 Å². The van der Waals surface area contributed by atoms with E-state index in [2.05, 4.69) is 9.97 Å². The number of aromatic nitrogens is 2. The molecule has 0 radical (unpaired) electrons. The maximum absolute atomic E-state index is 12.8. The highest BCUT2D eigenvalue weighted by Crippen LogP contribution is 2.38. The van der Waals surface area contributed by atoms with E-state index >= 15 is 0 Å². The van der Waals surface area contributed by atoms with Crippen molar-refractivity contribution in [3.8, 4) is 10.6 Å². The van der Waals surface area contributed by atoms with Crippen LogP contribution >= 0.6 is 23.1 Å². The minimum atomic E-state index is -4.35. The number of hydrogen-bond donors (Lipinski definition) is 0. The van der Waals surface area contributed by atoms with E-state index in [0.29, 0.717) is 10.5 Å². The lowest BCUT2D eigenvalue weighted by Gasteiger charge is -2.05. The first kappa shape index (κ1) is 15.3. The average molecular weight is 340 g/mol. The lowest BCUT2D eigenvalue weighted by atomic mass is 10.2. The highest BCUT2D eigenvalue weighted by atomic mass is 32.2. The van der Waals surface area contributed by atoms with Crippen molar-refractivity contribution in [2.24, 2.45) is 0 Å². The molecule has 3 rings (SSSR count). The fourth-order valence-corrected chi connectivity index (χ4v) is 3.86. The number of hydrogen-bond acceptors (Lipinski definition) is 4. The van der Waals surface area contributed by atoms with Crippen LogP contribution < -0.4 is 0 Å². The van der Waals surface area contributed by atoms with Crippen molar-refractivity contribution < 1.29 is 13.2 Å². The average Bonchev–Trinajstić information content (AvgIpc) is 2.90. The molecule has 0 atom stereocenters. The van der Waals surface area contributed by atoms with E-state index in [9.17, 15) is 13.2 Å². The number of thiazole rings is 1. The highest BCUT2D eigenvalue weighted by molar-refractivity contribution is 7.99. The summed E-state index contributed by atoms with van der Waals surface area (Å²) in [6, 6.07) is 5.52. The summed E-state index contributed by atoms with van der Waals surface area (Å²) in [5, 5.41) is 0.715. The Bertz CT molecular complexity index is 812. The smallest absolute Gasteiger partial charge is 0.264 e. The molecule has 114 valence electrons. The van der Waals surface area contributed by atoms with Crippen molar-refractivity contribution >= 4 is 33.3 Å². The van der Waals surface area contributed by atoms with Crippen LogP contribution in [0.15, 0.2) is 41.6 Å². The zero-order valence-electron chi connectivity index (χ0n) is 11.5. The summed E-state index contributed by atoms with van der Waals surface area (Å²) >= 11 is 3.03. The predicted molar refractivity (Wildman–Crippen MR) is 84.3 cm³/mol. The molecule has 0 N–H and O–H groups in total. The number of pyridine rings is 1. The summed E-state index contributed by atoms with van der Waals surface area (Å²) in [7, 11) is 0. The molecule has 3 aromatic rings. The molecule has 1 aromatic carbocycles. The molecule has 0 aliphatic rings. The minimum Gasteiger partial charge on any atom is -0.264 e. The fraction of sp³-hybridized carbons (Fsp3) is 0.200. The Kier molecular flexibility index (Phi) is 4.10. The summed E-state index contributed by atoms with van der Waals surface area (Å²) in [6.07, 6.45) is -0.920. The van der Waals surface area contributed by atoms with Gasteiger partial charge in [0.05, 0.1) is 15.8 Å². The van der Waals surface area contributed by atoms with Crippen molar-refractivity contribution in [3.63, 3.8) is 0 Å². The van der Waals surface area contributed by atoms with Crippen molar-refractivity contribution in [2.75, 3.05) is 5.75 Å². The van der Waals surface area contributed by atoms with Crippen LogP contribution in [0, 0.1) is 0 Å². The quantitative estimate of drug-likeness (QED) is 0.590. The van der Waals surface area contributed by atoms with Crippen molar-refractivity contribution in [1.29, 1.82) is 0 Å². The fourth-order valence-electron chi connectivity index (χ4n) is 2.05. The van der Waals surface area contributed by atoms with Crippen molar-refractivity contribution in [1.82, 2.24) is 9.97 Å². The highest BCUT2D eigenvalue weighted by Gasteiger charge is 2.30. The Morgan fingerprint density at radius 2 is 2.05 bits per heavy atom. The summed E-state index contributed by atoms with van der Waals surface area (Å²) in [6.45, 7) is 2.04. The number of nitrogens with zero attached hydrogens (tertiary/aromatic N) is 2. The molecule has 0 amide bonds. The Morgan fingerprint density at radius 3 is 2.77 bits per heavy atom. The van der Waals surface area contributed by atoms with Gasteiger partial charge in [0.1, 0.15) is 5.01 Å². The lowest BCUT2D eigenvalue weighted by molar-refractivity contribution is -0.137. The molecule has 0 aliphatic carbocycles. The van der Waals surface area contributed by atoms with Gasteiger partial charge < -0.3 is 0 Å². The van der Waals surface area contributed by atoms with E-state index in [-0.39, 0.29) is 0 Å². The second-order valence-electron chi connectivity index (χ2n) is 4.50. The molecule has 0 bridgehead atoms. The number of benzene rings is 1. The third-order valence-corrected chi connectivity index (χ3v) is 5.02. The summed E-state index contributed by atoms with van der Waals surface area (Å²) in [4.78, 5) is 9.46. The van der Waals surface area contributed by atoms with Gasteiger partial charge in [-0.1, -0.05) is 6.92 Å². The van der Waals surface area contributed by atoms with Gasteiger partial charge in [-0.3, -0.25) is 4.98 Å². The van der Waals surface area contributed by atoms with Crippen molar-refractivity contribution in [3.05, 3.63) is 42.2 Å². The Morgan fingerprint density at radius 1 is 1.23 bits per heavy atom. The number of fused-ring (bicyclic) bond motifs is 1.